The van der Waals surface area contributed by atoms with Gasteiger partial charge in [0, 0.05) is 29.9 Å². The van der Waals surface area contributed by atoms with Crippen molar-refractivity contribution in [3.8, 4) is 11.3 Å². The molecular weight excluding hydrogens is 378 g/mol. The highest BCUT2D eigenvalue weighted by Crippen LogP contribution is 2.35. The van der Waals surface area contributed by atoms with Crippen LogP contribution in [0.1, 0.15) is 17.3 Å². The number of rotatable bonds is 4. The van der Waals surface area contributed by atoms with Gasteiger partial charge in [-0.1, -0.05) is 41.6 Å². The van der Waals surface area contributed by atoms with Crippen LogP contribution in [0.5, 0.6) is 0 Å². The lowest BCUT2D eigenvalue weighted by Gasteiger charge is -2.15. The smallest absolute Gasteiger partial charge is 0.181 e. The summed E-state index contributed by atoms with van der Waals surface area (Å²) in [7, 11) is 0. The van der Waals surface area contributed by atoms with E-state index in [1.54, 1.807) is 6.20 Å². The second-order valence-electron chi connectivity index (χ2n) is 5.87. The molecule has 0 fully saturated rings. The Kier molecular flexibility index (Phi) is 4.34. The number of para-hydroxylation sites is 1. The van der Waals surface area contributed by atoms with E-state index in [0.717, 1.165) is 38.0 Å². The SMILES string of the molecule is NC(Cc1ccccn1)c1ccccc1-c1noc2c(Br)cccc12. The van der Waals surface area contributed by atoms with E-state index in [4.69, 9.17) is 10.3 Å². The van der Waals surface area contributed by atoms with Gasteiger partial charge in [0.2, 0.25) is 0 Å². The quantitative estimate of drug-likeness (QED) is 0.535. The number of hydrogen-bond donors (Lipinski definition) is 1. The molecule has 2 heterocycles. The highest BCUT2D eigenvalue weighted by atomic mass is 79.9. The molecule has 0 saturated heterocycles. The van der Waals surface area contributed by atoms with Gasteiger partial charge < -0.3 is 10.3 Å². The number of aromatic nitrogens is 2. The first-order valence-corrected chi connectivity index (χ1v) is 8.82. The van der Waals surface area contributed by atoms with Crippen molar-refractivity contribution in [2.24, 2.45) is 5.73 Å². The zero-order valence-corrected chi connectivity index (χ0v) is 15.0. The van der Waals surface area contributed by atoms with Crippen molar-refractivity contribution >= 4 is 26.9 Å². The fourth-order valence-electron chi connectivity index (χ4n) is 3.01. The Hall–Kier alpha value is -2.50. The van der Waals surface area contributed by atoms with Crippen LogP contribution in [0.2, 0.25) is 0 Å². The van der Waals surface area contributed by atoms with Crippen LogP contribution in [0, 0.1) is 0 Å². The van der Waals surface area contributed by atoms with Gasteiger partial charge >= 0.3 is 0 Å². The van der Waals surface area contributed by atoms with Crippen molar-refractivity contribution in [3.05, 3.63) is 82.6 Å². The fraction of sp³-hybridized carbons (Fsp3) is 0.100. The van der Waals surface area contributed by atoms with Crippen LogP contribution >= 0.6 is 15.9 Å². The first-order chi connectivity index (χ1) is 12.2. The second-order valence-corrected chi connectivity index (χ2v) is 6.72. The van der Waals surface area contributed by atoms with Crippen LogP contribution < -0.4 is 5.73 Å². The number of hydrogen-bond acceptors (Lipinski definition) is 4. The average Bonchev–Trinajstić information content (AvgIpc) is 3.08. The summed E-state index contributed by atoms with van der Waals surface area (Å²) in [6.07, 6.45) is 2.45. The predicted molar refractivity (Wildman–Crippen MR) is 102 cm³/mol. The summed E-state index contributed by atoms with van der Waals surface area (Å²) in [6.45, 7) is 0. The second kappa shape index (κ2) is 6.78. The van der Waals surface area contributed by atoms with Crippen molar-refractivity contribution in [1.29, 1.82) is 0 Å². The van der Waals surface area contributed by atoms with Crippen molar-refractivity contribution in [1.82, 2.24) is 10.1 Å². The minimum absolute atomic E-state index is 0.176. The lowest BCUT2D eigenvalue weighted by Crippen LogP contribution is -2.15. The highest BCUT2D eigenvalue weighted by molar-refractivity contribution is 9.10. The molecule has 0 aliphatic heterocycles. The van der Waals surface area contributed by atoms with Crippen LogP contribution in [0.4, 0.5) is 0 Å². The number of benzene rings is 2. The largest absolute Gasteiger partial charge is 0.354 e. The van der Waals surface area contributed by atoms with Crippen LogP contribution in [0.15, 0.2) is 75.9 Å². The van der Waals surface area contributed by atoms with Gasteiger partial charge in [-0.2, -0.15) is 0 Å². The molecule has 1 atom stereocenters. The molecule has 0 saturated carbocycles. The third-order valence-corrected chi connectivity index (χ3v) is 4.85. The molecule has 2 aromatic heterocycles. The fourth-order valence-corrected chi connectivity index (χ4v) is 3.45. The van der Waals surface area contributed by atoms with Gasteiger partial charge in [0.15, 0.2) is 5.58 Å². The highest BCUT2D eigenvalue weighted by Gasteiger charge is 2.18. The van der Waals surface area contributed by atoms with Crippen LogP contribution in [0.25, 0.3) is 22.2 Å². The monoisotopic (exact) mass is 393 g/mol. The molecule has 2 N–H and O–H groups in total. The number of halogens is 1. The molecule has 0 amide bonds. The Morgan fingerprint density at radius 2 is 1.84 bits per heavy atom. The summed E-state index contributed by atoms with van der Waals surface area (Å²) in [6, 6.07) is 19.7. The predicted octanol–water partition coefficient (Wildman–Crippen LogP) is 4.89. The summed E-state index contributed by atoms with van der Waals surface area (Å²) in [4.78, 5) is 4.38. The molecule has 124 valence electrons. The Bertz CT molecular complexity index is 1010. The lowest BCUT2D eigenvalue weighted by atomic mass is 9.94. The Labute approximate surface area is 153 Å². The molecule has 4 aromatic rings. The van der Waals surface area contributed by atoms with E-state index in [1.807, 2.05) is 60.7 Å². The van der Waals surface area contributed by atoms with Crippen molar-refractivity contribution in [3.63, 3.8) is 0 Å². The molecule has 1 unspecified atom stereocenters. The molecule has 0 bridgehead atoms. The molecule has 25 heavy (non-hydrogen) atoms. The zero-order chi connectivity index (χ0) is 17.2. The Balaban J connectivity index is 1.77. The molecule has 0 radical (unpaired) electrons. The molecule has 0 spiro atoms. The zero-order valence-electron chi connectivity index (χ0n) is 13.4. The molecule has 0 aliphatic carbocycles. The summed E-state index contributed by atoms with van der Waals surface area (Å²) in [5.74, 6) is 0. The standard InChI is InChI=1S/C20H16BrN3O/c21-17-10-5-9-16-19(24-25-20(16)17)15-8-2-1-7-14(15)18(22)12-13-6-3-4-11-23-13/h1-11,18H,12,22H2. The van der Waals surface area contributed by atoms with Gasteiger partial charge in [-0.3, -0.25) is 4.98 Å². The van der Waals surface area contributed by atoms with Gasteiger partial charge in [0.05, 0.1) is 9.86 Å². The Morgan fingerprint density at radius 3 is 2.68 bits per heavy atom. The normalized spacial score (nSPS) is 12.4. The van der Waals surface area contributed by atoms with Gasteiger partial charge in [-0.25, -0.2) is 0 Å². The number of fused-ring (bicyclic) bond motifs is 1. The van der Waals surface area contributed by atoms with E-state index in [0.29, 0.717) is 6.42 Å². The van der Waals surface area contributed by atoms with E-state index in [1.165, 1.54) is 0 Å². The first kappa shape index (κ1) is 16.0. The van der Waals surface area contributed by atoms with Gasteiger partial charge in [0.1, 0.15) is 5.69 Å². The van der Waals surface area contributed by atoms with E-state index in [2.05, 4.69) is 26.1 Å². The summed E-state index contributed by atoms with van der Waals surface area (Å²) in [5, 5.41) is 5.26. The molecule has 4 nitrogen and oxygen atoms in total. The summed E-state index contributed by atoms with van der Waals surface area (Å²) in [5.41, 5.74) is 11.0. The maximum Gasteiger partial charge on any atom is 0.181 e. The van der Waals surface area contributed by atoms with E-state index < -0.39 is 0 Å². The van der Waals surface area contributed by atoms with Crippen LogP contribution in [0.3, 0.4) is 0 Å². The summed E-state index contributed by atoms with van der Waals surface area (Å²) >= 11 is 3.51. The van der Waals surface area contributed by atoms with Crippen molar-refractivity contribution in [2.45, 2.75) is 12.5 Å². The maximum absolute atomic E-state index is 6.50. The van der Waals surface area contributed by atoms with Gasteiger partial charge in [-0.05, 0) is 45.8 Å². The van der Waals surface area contributed by atoms with Crippen LogP contribution in [-0.2, 0) is 6.42 Å². The third kappa shape index (κ3) is 3.08. The maximum atomic E-state index is 6.50. The van der Waals surface area contributed by atoms with Gasteiger partial charge in [0.25, 0.3) is 0 Å². The van der Waals surface area contributed by atoms with Crippen molar-refractivity contribution in [2.75, 3.05) is 0 Å². The molecule has 2 aromatic carbocycles. The minimum atomic E-state index is -0.176. The van der Waals surface area contributed by atoms with Crippen molar-refractivity contribution < 1.29 is 4.52 Å². The van der Waals surface area contributed by atoms with Gasteiger partial charge in [-0.15, -0.1) is 0 Å². The third-order valence-electron chi connectivity index (χ3n) is 4.22. The summed E-state index contributed by atoms with van der Waals surface area (Å²) < 4.78 is 6.43. The minimum Gasteiger partial charge on any atom is -0.354 e. The number of pyridine rings is 1. The Morgan fingerprint density at radius 1 is 1.00 bits per heavy atom. The topological polar surface area (TPSA) is 64.9 Å². The molecular formula is C20H16BrN3O. The van der Waals surface area contributed by atoms with E-state index in [-0.39, 0.29) is 6.04 Å². The number of nitrogens with two attached hydrogens (primary N) is 1. The molecule has 4 rings (SSSR count). The lowest BCUT2D eigenvalue weighted by molar-refractivity contribution is 0.458. The van der Waals surface area contributed by atoms with Crippen LogP contribution in [-0.4, -0.2) is 10.1 Å². The number of nitrogens with zero attached hydrogens (tertiary/aromatic N) is 2. The average molecular weight is 394 g/mol. The van der Waals surface area contributed by atoms with E-state index >= 15 is 0 Å². The van der Waals surface area contributed by atoms with E-state index in [9.17, 15) is 0 Å². The first-order valence-electron chi connectivity index (χ1n) is 8.02. The molecule has 0 aliphatic rings. The molecule has 5 heteroatoms.